The van der Waals surface area contributed by atoms with Gasteiger partial charge in [-0.2, -0.15) is 5.10 Å². The molecular formula is C22H24N4O3. The number of carbonyl (C=O) groups excluding carboxylic acids is 1. The van der Waals surface area contributed by atoms with E-state index in [1.807, 2.05) is 29.3 Å². The highest BCUT2D eigenvalue weighted by atomic mass is 16.6. The summed E-state index contributed by atoms with van der Waals surface area (Å²) in [5, 5.41) is 5.95. The molecule has 3 aromatic rings. The van der Waals surface area contributed by atoms with Crippen LogP contribution in [-0.4, -0.2) is 59.2 Å². The lowest BCUT2D eigenvalue weighted by molar-refractivity contribution is 0.0756. The van der Waals surface area contributed by atoms with E-state index in [1.165, 1.54) is 5.69 Å². The molecule has 0 radical (unpaired) electrons. The second-order valence-electron chi connectivity index (χ2n) is 7.86. The third kappa shape index (κ3) is 3.15. The third-order valence-electron chi connectivity index (χ3n) is 6.14. The van der Waals surface area contributed by atoms with Crippen LogP contribution >= 0.6 is 0 Å². The number of hydrogen-bond donors (Lipinski definition) is 0. The highest BCUT2D eigenvalue weighted by Gasteiger charge is 2.47. The number of likely N-dealkylation sites (tertiary alicyclic amines) is 1. The zero-order valence-corrected chi connectivity index (χ0v) is 16.5. The van der Waals surface area contributed by atoms with Gasteiger partial charge < -0.3 is 14.4 Å². The highest BCUT2D eigenvalue weighted by molar-refractivity contribution is 5.82. The van der Waals surface area contributed by atoms with Crippen LogP contribution < -0.4 is 0 Å². The Hall–Kier alpha value is -2.93. The molecule has 0 N–H and O–H groups in total. The Kier molecular flexibility index (Phi) is 4.47. The highest BCUT2D eigenvalue weighted by Crippen LogP contribution is 2.44. The predicted octanol–water partition coefficient (Wildman–Crippen LogP) is 3.23. The zero-order chi connectivity index (χ0) is 19.8. The van der Waals surface area contributed by atoms with Gasteiger partial charge in [-0.15, -0.1) is 0 Å². The summed E-state index contributed by atoms with van der Waals surface area (Å²) in [6.45, 7) is 2.98. The monoisotopic (exact) mass is 392 g/mol. The van der Waals surface area contributed by atoms with Crippen LogP contribution in [0.15, 0.2) is 42.6 Å². The molecule has 4 heterocycles. The van der Waals surface area contributed by atoms with Crippen molar-refractivity contribution in [2.45, 2.75) is 24.8 Å². The minimum Gasteiger partial charge on any atom is -0.447 e. The van der Waals surface area contributed by atoms with Crippen molar-refractivity contribution in [2.75, 3.05) is 33.4 Å². The minimum atomic E-state index is -0.254. The van der Waals surface area contributed by atoms with Crippen molar-refractivity contribution in [3.8, 4) is 11.3 Å². The van der Waals surface area contributed by atoms with Gasteiger partial charge in [-0.3, -0.25) is 9.67 Å². The Morgan fingerprint density at radius 1 is 1.17 bits per heavy atom. The molecule has 1 spiro atoms. The van der Waals surface area contributed by atoms with Crippen molar-refractivity contribution in [1.29, 1.82) is 0 Å². The van der Waals surface area contributed by atoms with Crippen molar-refractivity contribution >= 4 is 17.0 Å². The summed E-state index contributed by atoms with van der Waals surface area (Å²) in [5.74, 6) is 0. The van der Waals surface area contributed by atoms with E-state index >= 15 is 0 Å². The number of carbonyl (C=O) groups is 1. The lowest BCUT2D eigenvalue weighted by atomic mass is 9.82. The summed E-state index contributed by atoms with van der Waals surface area (Å²) in [6, 6.07) is 12.4. The molecule has 1 aromatic carbocycles. The summed E-state index contributed by atoms with van der Waals surface area (Å²) in [5.41, 5.74) is 4.13. The number of para-hydroxylation sites is 1. The number of ether oxygens (including phenoxy) is 2. The Bertz CT molecular complexity index is 1060. The number of benzene rings is 1. The van der Waals surface area contributed by atoms with E-state index in [0.717, 1.165) is 41.5 Å². The van der Waals surface area contributed by atoms with Crippen molar-refractivity contribution in [1.82, 2.24) is 19.7 Å². The SMILES string of the molecule is COCCOC(=O)N1CCC2(CCn3nc(-c4cnc5ccccc5c4)cc32)C1. The number of aromatic nitrogens is 3. The normalized spacial score (nSPS) is 20.5. The molecule has 0 saturated carbocycles. The van der Waals surface area contributed by atoms with Crippen LogP contribution in [0, 0.1) is 0 Å². The van der Waals surface area contributed by atoms with Gasteiger partial charge in [0.05, 0.1) is 17.8 Å². The van der Waals surface area contributed by atoms with E-state index in [4.69, 9.17) is 14.6 Å². The first-order valence-corrected chi connectivity index (χ1v) is 10.0. The maximum absolute atomic E-state index is 12.3. The third-order valence-corrected chi connectivity index (χ3v) is 6.14. The van der Waals surface area contributed by atoms with E-state index in [1.54, 1.807) is 7.11 Å². The molecule has 7 heteroatoms. The van der Waals surface area contributed by atoms with E-state index in [-0.39, 0.29) is 18.1 Å². The van der Waals surface area contributed by atoms with Gasteiger partial charge in [0.25, 0.3) is 0 Å². The summed E-state index contributed by atoms with van der Waals surface area (Å²) in [7, 11) is 1.60. The van der Waals surface area contributed by atoms with Gasteiger partial charge in [-0.25, -0.2) is 4.79 Å². The van der Waals surface area contributed by atoms with E-state index in [2.05, 4.69) is 27.9 Å². The molecule has 7 nitrogen and oxygen atoms in total. The summed E-state index contributed by atoms with van der Waals surface area (Å²) in [6.07, 6.45) is 3.58. The Balaban J connectivity index is 1.38. The van der Waals surface area contributed by atoms with Gasteiger partial charge >= 0.3 is 6.09 Å². The Morgan fingerprint density at radius 2 is 2.03 bits per heavy atom. The number of hydrogen-bond acceptors (Lipinski definition) is 5. The van der Waals surface area contributed by atoms with E-state index in [0.29, 0.717) is 19.7 Å². The molecule has 2 aliphatic rings. The molecule has 1 fully saturated rings. The molecule has 1 saturated heterocycles. The first kappa shape index (κ1) is 18.1. The van der Waals surface area contributed by atoms with Crippen LogP contribution in [0.3, 0.4) is 0 Å². The van der Waals surface area contributed by atoms with E-state index in [9.17, 15) is 4.79 Å². The van der Waals surface area contributed by atoms with Gasteiger partial charge in [0.2, 0.25) is 0 Å². The van der Waals surface area contributed by atoms with Crippen LogP contribution in [0.4, 0.5) is 4.79 Å². The Labute approximate surface area is 169 Å². The van der Waals surface area contributed by atoms with Crippen molar-refractivity contribution in [3.05, 3.63) is 48.3 Å². The van der Waals surface area contributed by atoms with E-state index < -0.39 is 0 Å². The van der Waals surface area contributed by atoms with Gasteiger partial charge in [0.1, 0.15) is 6.61 Å². The Morgan fingerprint density at radius 3 is 2.93 bits per heavy atom. The van der Waals surface area contributed by atoms with Crippen LogP contribution in [0.5, 0.6) is 0 Å². The maximum atomic E-state index is 12.3. The van der Waals surface area contributed by atoms with Gasteiger partial charge in [-0.1, -0.05) is 18.2 Å². The molecule has 1 atom stereocenters. The van der Waals surface area contributed by atoms with Crippen molar-refractivity contribution < 1.29 is 14.3 Å². The number of methoxy groups -OCH3 is 1. The number of amides is 1. The quantitative estimate of drug-likeness (QED) is 0.638. The molecule has 0 bridgehead atoms. The molecule has 29 heavy (non-hydrogen) atoms. The summed E-state index contributed by atoms with van der Waals surface area (Å²) < 4.78 is 12.4. The first-order valence-electron chi connectivity index (χ1n) is 10.0. The average molecular weight is 392 g/mol. The van der Waals surface area contributed by atoms with Gasteiger partial charge in [0, 0.05) is 55.0 Å². The number of fused-ring (bicyclic) bond motifs is 3. The molecule has 0 aliphatic carbocycles. The number of pyridine rings is 1. The molecule has 1 amide bonds. The second kappa shape index (κ2) is 7.15. The lowest BCUT2D eigenvalue weighted by Gasteiger charge is -2.23. The van der Waals surface area contributed by atoms with Crippen LogP contribution in [0.1, 0.15) is 18.5 Å². The number of aryl methyl sites for hydroxylation is 1. The first-order chi connectivity index (χ1) is 14.2. The summed E-state index contributed by atoms with van der Waals surface area (Å²) in [4.78, 5) is 18.7. The molecule has 1 unspecified atom stereocenters. The molecule has 150 valence electrons. The number of rotatable bonds is 4. The fourth-order valence-electron chi connectivity index (χ4n) is 4.56. The zero-order valence-electron chi connectivity index (χ0n) is 16.5. The van der Waals surface area contributed by atoms with Gasteiger partial charge in [-0.05, 0) is 31.0 Å². The van der Waals surface area contributed by atoms with Crippen molar-refractivity contribution in [3.63, 3.8) is 0 Å². The van der Waals surface area contributed by atoms with Crippen LogP contribution in [0.2, 0.25) is 0 Å². The average Bonchev–Trinajstić information content (AvgIpc) is 3.45. The lowest BCUT2D eigenvalue weighted by Crippen LogP contribution is -2.34. The minimum absolute atomic E-state index is 0.0319. The van der Waals surface area contributed by atoms with Gasteiger partial charge in [0.15, 0.2) is 0 Å². The largest absolute Gasteiger partial charge is 0.447 e. The molecule has 5 rings (SSSR count). The predicted molar refractivity (Wildman–Crippen MR) is 109 cm³/mol. The fraction of sp³-hybridized carbons (Fsp3) is 0.409. The standard InChI is InChI=1S/C22H24N4O3/c1-28-10-11-29-21(27)25-8-6-22(15-25)7-9-26-20(22)13-19(24-26)17-12-16-4-2-3-5-18(16)23-14-17/h2-5,12-14H,6-11,15H2,1H3. The summed E-state index contributed by atoms with van der Waals surface area (Å²) >= 11 is 0. The smallest absolute Gasteiger partial charge is 0.409 e. The molecule has 2 aliphatic heterocycles. The number of nitrogens with zero attached hydrogens (tertiary/aromatic N) is 4. The fourth-order valence-corrected chi connectivity index (χ4v) is 4.56. The topological polar surface area (TPSA) is 69.5 Å². The van der Waals surface area contributed by atoms with Crippen molar-refractivity contribution in [2.24, 2.45) is 0 Å². The van der Waals surface area contributed by atoms with Crippen LogP contribution in [0.25, 0.3) is 22.2 Å². The van der Waals surface area contributed by atoms with Crippen LogP contribution in [-0.2, 0) is 21.4 Å². The molecular weight excluding hydrogens is 368 g/mol. The second-order valence-corrected chi connectivity index (χ2v) is 7.86. The molecule has 2 aromatic heterocycles. The maximum Gasteiger partial charge on any atom is 0.409 e.